The van der Waals surface area contributed by atoms with Crippen molar-refractivity contribution in [2.45, 2.75) is 39.0 Å². The molecule has 0 bridgehead atoms. The number of carbonyl (C=O) groups is 2. The molecular weight excluding hydrogens is 463 g/mol. The molecule has 6 nitrogen and oxygen atoms in total. The van der Waals surface area contributed by atoms with Crippen LogP contribution in [0.1, 0.15) is 34.1 Å². The van der Waals surface area contributed by atoms with Crippen LogP contribution >= 0.6 is 11.3 Å². The Labute approximate surface area is 207 Å². The highest BCUT2D eigenvalue weighted by Gasteiger charge is 2.48. The third-order valence-electron chi connectivity index (χ3n) is 6.36. The summed E-state index contributed by atoms with van der Waals surface area (Å²) in [6.45, 7) is 4.37. The van der Waals surface area contributed by atoms with Gasteiger partial charge in [-0.25, -0.2) is 4.39 Å². The molecule has 3 heterocycles. The predicted octanol–water partition coefficient (Wildman–Crippen LogP) is 4.79. The maximum absolute atomic E-state index is 13.9. The largest absolute Gasteiger partial charge is 0.350 e. The first kappa shape index (κ1) is 23.0. The Balaban J connectivity index is 1.48. The number of hydrogen-bond donors (Lipinski definition) is 1. The SMILES string of the molecule is Cc1ccc(CNC(=O)C2(C)Cn3nc(-c4cccs4)cc3C(=O)N2Cc2cccc(F)c2)cc1. The van der Waals surface area contributed by atoms with Crippen molar-refractivity contribution >= 4 is 23.2 Å². The first-order valence-electron chi connectivity index (χ1n) is 11.4. The molecule has 0 saturated heterocycles. The molecule has 2 aromatic carbocycles. The van der Waals surface area contributed by atoms with Gasteiger partial charge in [0.2, 0.25) is 5.91 Å². The number of rotatable bonds is 6. The van der Waals surface area contributed by atoms with Crippen LogP contribution in [-0.4, -0.2) is 32.0 Å². The molecule has 2 aromatic heterocycles. The third-order valence-corrected chi connectivity index (χ3v) is 7.26. The number of benzene rings is 2. The van der Waals surface area contributed by atoms with Crippen LogP contribution in [0.3, 0.4) is 0 Å². The summed E-state index contributed by atoms with van der Waals surface area (Å²) in [6.07, 6.45) is 0. The maximum Gasteiger partial charge on any atom is 0.273 e. The number of amides is 2. The lowest BCUT2D eigenvalue weighted by Gasteiger charge is -2.43. The number of aryl methyl sites for hydroxylation is 1. The number of aromatic nitrogens is 2. The van der Waals surface area contributed by atoms with Crippen LogP contribution in [0.5, 0.6) is 0 Å². The smallest absolute Gasteiger partial charge is 0.273 e. The van der Waals surface area contributed by atoms with Crippen molar-refractivity contribution < 1.29 is 14.0 Å². The zero-order chi connectivity index (χ0) is 24.6. The quantitative estimate of drug-likeness (QED) is 0.424. The van der Waals surface area contributed by atoms with Gasteiger partial charge in [0.25, 0.3) is 5.91 Å². The summed E-state index contributed by atoms with van der Waals surface area (Å²) in [4.78, 5) is 29.8. The fraction of sp³-hybridized carbons (Fsp3) is 0.222. The number of halogens is 1. The normalized spacial score (nSPS) is 17.3. The lowest BCUT2D eigenvalue weighted by molar-refractivity contribution is -0.133. The van der Waals surface area contributed by atoms with Gasteiger partial charge in [-0.3, -0.25) is 14.3 Å². The molecule has 1 unspecified atom stereocenters. The third kappa shape index (κ3) is 4.49. The Hall–Kier alpha value is -3.78. The van der Waals surface area contributed by atoms with Crippen molar-refractivity contribution in [2.24, 2.45) is 0 Å². The minimum atomic E-state index is -1.22. The molecule has 5 rings (SSSR count). The summed E-state index contributed by atoms with van der Waals surface area (Å²) in [5.74, 6) is -0.993. The first-order chi connectivity index (χ1) is 16.8. The molecule has 1 aliphatic rings. The van der Waals surface area contributed by atoms with Gasteiger partial charge in [0.1, 0.15) is 22.7 Å². The summed E-state index contributed by atoms with van der Waals surface area (Å²) in [6, 6.07) is 19.7. The number of carbonyl (C=O) groups excluding carboxylic acids is 2. The number of fused-ring (bicyclic) bond motifs is 1. The Kier molecular flexibility index (Phi) is 5.98. The fourth-order valence-corrected chi connectivity index (χ4v) is 5.01. The molecule has 4 aromatic rings. The molecule has 0 saturated carbocycles. The molecule has 0 radical (unpaired) electrons. The van der Waals surface area contributed by atoms with E-state index in [-0.39, 0.29) is 30.7 Å². The molecule has 178 valence electrons. The predicted molar refractivity (Wildman–Crippen MR) is 133 cm³/mol. The average Bonchev–Trinajstić information content (AvgIpc) is 3.51. The van der Waals surface area contributed by atoms with Gasteiger partial charge in [-0.2, -0.15) is 5.10 Å². The summed E-state index contributed by atoms with van der Waals surface area (Å²) < 4.78 is 15.5. The second kappa shape index (κ2) is 9.11. The molecule has 0 aliphatic carbocycles. The van der Waals surface area contributed by atoms with Crippen molar-refractivity contribution in [3.63, 3.8) is 0 Å². The van der Waals surface area contributed by atoms with Crippen molar-refractivity contribution in [3.05, 3.63) is 100 Å². The van der Waals surface area contributed by atoms with E-state index in [1.54, 1.807) is 29.8 Å². The molecule has 0 spiro atoms. The molecule has 1 atom stereocenters. The van der Waals surface area contributed by atoms with Crippen molar-refractivity contribution in [3.8, 4) is 10.6 Å². The highest BCUT2D eigenvalue weighted by Crippen LogP contribution is 2.32. The summed E-state index contributed by atoms with van der Waals surface area (Å²) in [7, 11) is 0. The minimum absolute atomic E-state index is 0.102. The van der Waals surface area contributed by atoms with Crippen molar-refractivity contribution in [2.75, 3.05) is 0 Å². The number of hydrogen-bond acceptors (Lipinski definition) is 4. The monoisotopic (exact) mass is 488 g/mol. The van der Waals surface area contributed by atoms with Crippen LogP contribution in [0, 0.1) is 12.7 Å². The lowest BCUT2D eigenvalue weighted by atomic mass is 9.94. The molecular formula is C27H25FN4O2S. The van der Waals surface area contributed by atoms with Crippen LogP contribution in [0.15, 0.2) is 72.1 Å². The standard InChI is InChI=1S/C27H25FN4O2S/c1-18-8-10-19(11-9-18)15-29-26(34)27(2)17-32-23(14-22(30-32)24-7-4-12-35-24)25(33)31(27)16-20-5-3-6-21(28)13-20/h3-14H,15-17H2,1-2H3,(H,29,34). The first-order valence-corrected chi connectivity index (χ1v) is 12.2. The average molecular weight is 489 g/mol. The zero-order valence-corrected chi connectivity index (χ0v) is 20.3. The molecule has 1 aliphatic heterocycles. The van der Waals surface area contributed by atoms with E-state index in [4.69, 9.17) is 0 Å². The van der Waals surface area contributed by atoms with Gasteiger partial charge in [0.05, 0.1) is 11.4 Å². The van der Waals surface area contributed by atoms with Gasteiger partial charge in [-0.1, -0.05) is 48.0 Å². The van der Waals surface area contributed by atoms with Crippen LogP contribution < -0.4 is 5.32 Å². The Morgan fingerprint density at radius 2 is 1.91 bits per heavy atom. The van der Waals surface area contributed by atoms with E-state index in [2.05, 4.69) is 10.4 Å². The van der Waals surface area contributed by atoms with Crippen LogP contribution in [-0.2, 0) is 24.4 Å². The second-order valence-electron chi connectivity index (χ2n) is 9.01. The number of nitrogens with zero attached hydrogens (tertiary/aromatic N) is 3. The highest BCUT2D eigenvalue weighted by atomic mass is 32.1. The van der Waals surface area contributed by atoms with Crippen LogP contribution in [0.4, 0.5) is 4.39 Å². The zero-order valence-electron chi connectivity index (χ0n) is 19.5. The van der Waals surface area contributed by atoms with E-state index in [0.717, 1.165) is 16.0 Å². The van der Waals surface area contributed by atoms with E-state index in [1.165, 1.54) is 28.4 Å². The second-order valence-corrected chi connectivity index (χ2v) is 9.96. The van der Waals surface area contributed by atoms with Crippen molar-refractivity contribution in [1.29, 1.82) is 0 Å². The maximum atomic E-state index is 13.9. The summed E-state index contributed by atoms with van der Waals surface area (Å²) >= 11 is 1.54. The molecule has 1 N–H and O–H groups in total. The van der Waals surface area contributed by atoms with Gasteiger partial charge < -0.3 is 10.2 Å². The molecule has 2 amide bonds. The Bertz CT molecular complexity index is 1380. The van der Waals surface area contributed by atoms with E-state index >= 15 is 0 Å². The van der Waals surface area contributed by atoms with Gasteiger partial charge in [0, 0.05) is 13.1 Å². The van der Waals surface area contributed by atoms with Gasteiger partial charge >= 0.3 is 0 Å². The van der Waals surface area contributed by atoms with E-state index < -0.39 is 5.54 Å². The molecule has 0 fully saturated rings. The lowest BCUT2D eigenvalue weighted by Crippen LogP contribution is -2.63. The fourth-order valence-electron chi connectivity index (χ4n) is 4.33. The highest BCUT2D eigenvalue weighted by molar-refractivity contribution is 7.13. The van der Waals surface area contributed by atoms with Crippen LogP contribution in [0.2, 0.25) is 0 Å². The topological polar surface area (TPSA) is 67.2 Å². The molecule has 35 heavy (non-hydrogen) atoms. The Morgan fingerprint density at radius 3 is 2.63 bits per heavy atom. The number of thiophene rings is 1. The van der Waals surface area contributed by atoms with Gasteiger partial charge in [-0.05, 0) is 54.6 Å². The minimum Gasteiger partial charge on any atom is -0.350 e. The van der Waals surface area contributed by atoms with E-state index in [1.807, 2.05) is 48.7 Å². The van der Waals surface area contributed by atoms with Gasteiger partial charge in [0.15, 0.2) is 0 Å². The van der Waals surface area contributed by atoms with E-state index in [0.29, 0.717) is 23.5 Å². The summed E-state index contributed by atoms with van der Waals surface area (Å²) in [5.41, 5.74) is 2.60. The summed E-state index contributed by atoms with van der Waals surface area (Å²) in [5, 5.41) is 9.59. The molecule has 8 heteroatoms. The van der Waals surface area contributed by atoms with Crippen LogP contribution in [0.25, 0.3) is 10.6 Å². The Morgan fingerprint density at radius 1 is 1.11 bits per heavy atom. The van der Waals surface area contributed by atoms with E-state index in [9.17, 15) is 14.0 Å². The van der Waals surface area contributed by atoms with Gasteiger partial charge in [-0.15, -0.1) is 11.3 Å². The number of nitrogens with one attached hydrogen (secondary N) is 1. The van der Waals surface area contributed by atoms with Crippen molar-refractivity contribution in [1.82, 2.24) is 20.0 Å².